The second-order valence-electron chi connectivity index (χ2n) is 4.07. The normalized spacial score (nSPS) is 10.4. The third-order valence-electron chi connectivity index (χ3n) is 2.65. The highest BCUT2D eigenvalue weighted by Crippen LogP contribution is 2.22. The zero-order valence-corrected chi connectivity index (χ0v) is 13.0. The molecular weight excluding hydrogens is 361 g/mol. The third kappa shape index (κ3) is 3.33. The molecule has 0 aliphatic rings. The fourth-order valence-electron chi connectivity index (χ4n) is 1.56. The lowest BCUT2D eigenvalue weighted by molar-refractivity contribution is 0.620. The molecule has 0 amide bonds. The summed E-state index contributed by atoms with van der Waals surface area (Å²) in [7, 11) is 0. The van der Waals surface area contributed by atoms with Gasteiger partial charge in [-0.25, -0.2) is 4.39 Å². The third-order valence-corrected chi connectivity index (χ3v) is 4.11. The molecule has 0 bridgehead atoms. The van der Waals surface area contributed by atoms with E-state index < -0.39 is 0 Å². The van der Waals surface area contributed by atoms with Crippen LogP contribution in [0.1, 0.15) is 11.1 Å². The van der Waals surface area contributed by atoms with Crippen molar-refractivity contribution in [2.24, 2.45) is 0 Å². The Morgan fingerprint density at radius 1 is 1.06 bits per heavy atom. The summed E-state index contributed by atoms with van der Waals surface area (Å²) in [5.41, 5.74) is 3.26. The van der Waals surface area contributed by atoms with Crippen LogP contribution in [-0.2, 0) is 6.54 Å². The van der Waals surface area contributed by atoms with E-state index in [1.807, 2.05) is 25.1 Å². The molecule has 0 spiro atoms. The Kier molecular flexibility index (Phi) is 4.40. The average Bonchev–Trinajstić information content (AvgIpc) is 2.35. The van der Waals surface area contributed by atoms with Gasteiger partial charge >= 0.3 is 0 Å². The Balaban J connectivity index is 2.06. The fourth-order valence-corrected chi connectivity index (χ4v) is 2.36. The second-order valence-corrected chi connectivity index (χ2v) is 5.77. The molecule has 0 unspecified atom stereocenters. The van der Waals surface area contributed by atoms with Crippen LogP contribution in [0.2, 0.25) is 0 Å². The molecular formula is C14H12Br2FN. The molecule has 0 aromatic heterocycles. The Morgan fingerprint density at radius 2 is 1.83 bits per heavy atom. The van der Waals surface area contributed by atoms with E-state index in [9.17, 15) is 4.39 Å². The monoisotopic (exact) mass is 371 g/mol. The first kappa shape index (κ1) is 13.6. The average molecular weight is 373 g/mol. The number of rotatable bonds is 3. The van der Waals surface area contributed by atoms with E-state index in [4.69, 9.17) is 0 Å². The quantitative estimate of drug-likeness (QED) is 0.773. The van der Waals surface area contributed by atoms with Gasteiger partial charge in [-0.15, -0.1) is 0 Å². The molecule has 0 radical (unpaired) electrons. The van der Waals surface area contributed by atoms with Crippen molar-refractivity contribution in [3.63, 3.8) is 0 Å². The van der Waals surface area contributed by atoms with E-state index in [0.717, 1.165) is 15.7 Å². The van der Waals surface area contributed by atoms with Crippen molar-refractivity contribution in [2.45, 2.75) is 13.5 Å². The lowest BCUT2D eigenvalue weighted by Gasteiger charge is -2.08. The number of benzene rings is 2. The van der Waals surface area contributed by atoms with Gasteiger partial charge < -0.3 is 5.32 Å². The highest BCUT2D eigenvalue weighted by molar-refractivity contribution is 9.10. The molecule has 0 fully saturated rings. The number of hydrogen-bond acceptors (Lipinski definition) is 1. The summed E-state index contributed by atoms with van der Waals surface area (Å²) in [5, 5.41) is 3.30. The minimum absolute atomic E-state index is 0.239. The maximum atomic E-state index is 13.1. The summed E-state index contributed by atoms with van der Waals surface area (Å²) in [5.74, 6) is -0.239. The second kappa shape index (κ2) is 5.85. The van der Waals surface area contributed by atoms with Crippen molar-refractivity contribution in [1.29, 1.82) is 0 Å². The molecule has 0 saturated heterocycles. The van der Waals surface area contributed by atoms with Gasteiger partial charge in [0.15, 0.2) is 0 Å². The van der Waals surface area contributed by atoms with Crippen molar-refractivity contribution in [3.8, 4) is 0 Å². The summed E-state index contributed by atoms with van der Waals surface area (Å²) in [6, 6.07) is 11.1. The van der Waals surface area contributed by atoms with Crippen LogP contribution < -0.4 is 5.32 Å². The van der Waals surface area contributed by atoms with E-state index in [2.05, 4.69) is 37.2 Å². The van der Waals surface area contributed by atoms with Crippen LogP contribution in [0.4, 0.5) is 10.1 Å². The first-order chi connectivity index (χ1) is 8.56. The minimum atomic E-state index is -0.239. The molecule has 4 heteroatoms. The molecule has 18 heavy (non-hydrogen) atoms. The number of hydrogen-bond donors (Lipinski definition) is 1. The maximum Gasteiger partial charge on any atom is 0.137 e. The van der Waals surface area contributed by atoms with Crippen LogP contribution in [0.25, 0.3) is 0 Å². The molecule has 2 aromatic carbocycles. The smallest absolute Gasteiger partial charge is 0.137 e. The molecule has 2 aromatic rings. The number of nitrogens with one attached hydrogen (secondary N) is 1. The summed E-state index contributed by atoms with van der Waals surface area (Å²) in [6.45, 7) is 2.71. The number of halogens is 3. The standard InChI is InChI=1S/C14H12Br2FN/c1-9-2-4-11(7-12(9)15)18-8-10-3-5-14(17)13(16)6-10/h2-7,18H,8H2,1H3. The summed E-state index contributed by atoms with van der Waals surface area (Å²) < 4.78 is 14.7. The van der Waals surface area contributed by atoms with Gasteiger partial charge in [-0.1, -0.05) is 28.1 Å². The lowest BCUT2D eigenvalue weighted by atomic mass is 10.2. The molecule has 0 atom stereocenters. The van der Waals surface area contributed by atoms with E-state index >= 15 is 0 Å². The van der Waals surface area contributed by atoms with Crippen LogP contribution in [0.3, 0.4) is 0 Å². The maximum absolute atomic E-state index is 13.1. The van der Waals surface area contributed by atoms with Crippen LogP contribution in [0.5, 0.6) is 0 Å². The van der Waals surface area contributed by atoms with Gasteiger partial charge in [0.05, 0.1) is 4.47 Å². The predicted octanol–water partition coefficient (Wildman–Crippen LogP) is 5.27. The molecule has 0 saturated carbocycles. The zero-order chi connectivity index (χ0) is 13.1. The van der Waals surface area contributed by atoms with Crippen LogP contribution in [-0.4, -0.2) is 0 Å². The summed E-state index contributed by atoms with van der Waals surface area (Å²) in [6.07, 6.45) is 0. The minimum Gasteiger partial charge on any atom is -0.381 e. The highest BCUT2D eigenvalue weighted by atomic mass is 79.9. The summed E-state index contributed by atoms with van der Waals surface area (Å²) >= 11 is 6.68. The summed E-state index contributed by atoms with van der Waals surface area (Å²) in [4.78, 5) is 0. The topological polar surface area (TPSA) is 12.0 Å². The fraction of sp³-hybridized carbons (Fsp3) is 0.143. The number of aryl methyl sites for hydroxylation is 1. The molecule has 0 heterocycles. The highest BCUT2D eigenvalue weighted by Gasteiger charge is 2.01. The van der Waals surface area contributed by atoms with Gasteiger partial charge in [-0.05, 0) is 58.2 Å². The van der Waals surface area contributed by atoms with E-state index in [1.54, 1.807) is 12.1 Å². The lowest BCUT2D eigenvalue weighted by Crippen LogP contribution is -1.99. The number of anilines is 1. The SMILES string of the molecule is Cc1ccc(NCc2ccc(F)c(Br)c2)cc1Br. The van der Waals surface area contributed by atoms with Crippen molar-refractivity contribution in [3.05, 3.63) is 62.3 Å². The molecule has 0 aliphatic heterocycles. The van der Waals surface area contributed by atoms with Gasteiger partial charge in [0.2, 0.25) is 0 Å². The first-order valence-electron chi connectivity index (χ1n) is 5.50. The first-order valence-corrected chi connectivity index (χ1v) is 7.09. The van der Waals surface area contributed by atoms with Gasteiger partial charge in [0.25, 0.3) is 0 Å². The largest absolute Gasteiger partial charge is 0.381 e. The van der Waals surface area contributed by atoms with Gasteiger partial charge in [0, 0.05) is 16.7 Å². The van der Waals surface area contributed by atoms with Crippen LogP contribution >= 0.6 is 31.9 Å². The van der Waals surface area contributed by atoms with E-state index in [-0.39, 0.29) is 5.82 Å². The van der Waals surface area contributed by atoms with Gasteiger partial charge in [-0.3, -0.25) is 0 Å². The van der Waals surface area contributed by atoms with Crippen LogP contribution in [0.15, 0.2) is 45.3 Å². The van der Waals surface area contributed by atoms with Gasteiger partial charge in [0.1, 0.15) is 5.82 Å². The zero-order valence-electron chi connectivity index (χ0n) is 9.81. The Hall–Kier alpha value is -0.870. The molecule has 94 valence electrons. The van der Waals surface area contributed by atoms with Crippen LogP contribution in [0, 0.1) is 12.7 Å². The van der Waals surface area contributed by atoms with E-state index in [0.29, 0.717) is 11.0 Å². The molecule has 1 N–H and O–H groups in total. The Labute approximate surface area is 123 Å². The van der Waals surface area contributed by atoms with Crippen molar-refractivity contribution < 1.29 is 4.39 Å². The molecule has 0 aliphatic carbocycles. The molecule has 2 rings (SSSR count). The Morgan fingerprint density at radius 3 is 2.50 bits per heavy atom. The predicted molar refractivity (Wildman–Crippen MR) is 80.3 cm³/mol. The van der Waals surface area contributed by atoms with Gasteiger partial charge in [-0.2, -0.15) is 0 Å². The van der Waals surface area contributed by atoms with Crippen molar-refractivity contribution in [1.82, 2.24) is 0 Å². The molecule has 1 nitrogen and oxygen atoms in total. The van der Waals surface area contributed by atoms with Crippen molar-refractivity contribution >= 4 is 37.5 Å². The van der Waals surface area contributed by atoms with E-state index in [1.165, 1.54) is 11.6 Å². The van der Waals surface area contributed by atoms with Crippen molar-refractivity contribution in [2.75, 3.05) is 5.32 Å². The Bertz CT molecular complexity index is 518.